The topological polar surface area (TPSA) is 85.5 Å². The molecule has 7 nitrogen and oxygen atoms in total. The first-order chi connectivity index (χ1) is 14.6. The first-order valence-electron chi connectivity index (χ1n) is 9.50. The number of carbonyl (C=O) groups is 1. The fraction of sp³-hybridized carbons (Fsp3) is 0.182. The summed E-state index contributed by atoms with van der Waals surface area (Å²) in [6, 6.07) is 13.8. The number of carbonyl (C=O) groups excluding carboxylic acids is 1. The molecular formula is C22H17N3O4S. The predicted molar refractivity (Wildman–Crippen MR) is 113 cm³/mol. The van der Waals surface area contributed by atoms with Crippen molar-refractivity contribution in [3.05, 3.63) is 80.6 Å². The van der Waals surface area contributed by atoms with Gasteiger partial charge in [-0.05, 0) is 31.5 Å². The van der Waals surface area contributed by atoms with Crippen LogP contribution in [-0.2, 0) is 0 Å². The molecule has 0 radical (unpaired) electrons. The highest BCUT2D eigenvalue weighted by atomic mass is 32.1. The summed E-state index contributed by atoms with van der Waals surface area (Å²) in [6.45, 7) is 4.18. The third-order valence-electron chi connectivity index (χ3n) is 4.99. The zero-order valence-corrected chi connectivity index (χ0v) is 17.1. The molecule has 2 aromatic carbocycles. The lowest BCUT2D eigenvalue weighted by atomic mass is 9.99. The fourth-order valence-corrected chi connectivity index (χ4v) is 4.45. The summed E-state index contributed by atoms with van der Waals surface area (Å²) < 4.78 is 11.5. The lowest BCUT2D eigenvalue weighted by Crippen LogP contribution is -2.29. The van der Waals surface area contributed by atoms with Crippen molar-refractivity contribution < 1.29 is 13.9 Å². The second-order valence-corrected chi connectivity index (χ2v) is 8.02. The van der Waals surface area contributed by atoms with Crippen molar-refractivity contribution in [2.45, 2.75) is 19.9 Å². The minimum atomic E-state index is -0.631. The number of fused-ring (bicyclic) bond motifs is 2. The van der Waals surface area contributed by atoms with Crippen molar-refractivity contribution in [2.75, 3.05) is 11.5 Å². The Balaban J connectivity index is 1.78. The average Bonchev–Trinajstić information content (AvgIpc) is 3.30. The van der Waals surface area contributed by atoms with E-state index >= 15 is 0 Å². The molecule has 0 aliphatic carbocycles. The van der Waals surface area contributed by atoms with Gasteiger partial charge in [0.25, 0.3) is 5.91 Å². The van der Waals surface area contributed by atoms with Crippen LogP contribution in [0.2, 0.25) is 0 Å². The zero-order chi connectivity index (χ0) is 20.8. The van der Waals surface area contributed by atoms with E-state index in [4.69, 9.17) is 9.15 Å². The van der Waals surface area contributed by atoms with Gasteiger partial charge in [0.2, 0.25) is 10.9 Å². The SMILES string of the molecule is CCOc1ccc2c(=O)c3c(oc2c1)C(=O)N(c1nnc(C)s1)C3c1ccccc1. The van der Waals surface area contributed by atoms with Gasteiger partial charge in [-0.1, -0.05) is 41.7 Å². The van der Waals surface area contributed by atoms with Gasteiger partial charge < -0.3 is 9.15 Å². The quantitative estimate of drug-likeness (QED) is 0.495. The van der Waals surface area contributed by atoms with Gasteiger partial charge in [0.1, 0.15) is 16.3 Å². The summed E-state index contributed by atoms with van der Waals surface area (Å²) >= 11 is 1.30. The van der Waals surface area contributed by atoms with Crippen molar-refractivity contribution in [1.29, 1.82) is 0 Å². The molecule has 8 heteroatoms. The Morgan fingerprint density at radius 3 is 2.63 bits per heavy atom. The summed E-state index contributed by atoms with van der Waals surface area (Å²) in [7, 11) is 0. The van der Waals surface area contributed by atoms with Crippen molar-refractivity contribution in [3.63, 3.8) is 0 Å². The maximum atomic E-state index is 13.5. The van der Waals surface area contributed by atoms with Crippen LogP contribution in [0.5, 0.6) is 5.75 Å². The summed E-state index contributed by atoms with van der Waals surface area (Å²) in [5.74, 6) is 0.202. The van der Waals surface area contributed by atoms with Crippen LogP contribution in [0.3, 0.4) is 0 Å². The van der Waals surface area contributed by atoms with Crippen molar-refractivity contribution in [2.24, 2.45) is 0 Å². The molecule has 0 bridgehead atoms. The van der Waals surface area contributed by atoms with Crippen LogP contribution >= 0.6 is 11.3 Å². The number of hydrogen-bond acceptors (Lipinski definition) is 7. The number of benzene rings is 2. The average molecular weight is 419 g/mol. The molecule has 150 valence electrons. The van der Waals surface area contributed by atoms with Crippen LogP contribution in [0.15, 0.2) is 57.7 Å². The van der Waals surface area contributed by atoms with Gasteiger partial charge in [0.15, 0.2) is 5.43 Å². The van der Waals surface area contributed by atoms with Crippen molar-refractivity contribution in [3.8, 4) is 5.75 Å². The monoisotopic (exact) mass is 419 g/mol. The highest BCUT2D eigenvalue weighted by molar-refractivity contribution is 7.15. The van der Waals surface area contributed by atoms with Crippen LogP contribution in [0, 0.1) is 6.92 Å². The number of hydrogen-bond donors (Lipinski definition) is 0. The molecule has 1 aliphatic heterocycles. The van der Waals surface area contributed by atoms with E-state index in [1.165, 1.54) is 16.2 Å². The number of ether oxygens (including phenoxy) is 1. The first kappa shape index (κ1) is 18.5. The smallest absolute Gasteiger partial charge is 0.297 e. The van der Waals surface area contributed by atoms with Crippen molar-refractivity contribution >= 4 is 33.3 Å². The number of nitrogens with zero attached hydrogens (tertiary/aromatic N) is 3. The van der Waals surface area contributed by atoms with E-state index in [9.17, 15) is 9.59 Å². The Labute approximate surface area is 175 Å². The molecule has 0 saturated carbocycles. The molecule has 2 aromatic heterocycles. The zero-order valence-electron chi connectivity index (χ0n) is 16.3. The van der Waals surface area contributed by atoms with Gasteiger partial charge in [0, 0.05) is 6.07 Å². The fourth-order valence-electron chi connectivity index (χ4n) is 3.74. The standard InChI is InChI=1S/C22H17N3O4S/c1-3-28-14-9-10-15-16(11-14)29-20-17(19(15)26)18(13-7-5-4-6-8-13)25(21(20)27)22-24-23-12(2)30-22/h4-11,18H,3H2,1-2H3. The second-order valence-electron chi connectivity index (χ2n) is 6.86. The van der Waals surface area contributed by atoms with E-state index < -0.39 is 11.9 Å². The third kappa shape index (κ3) is 2.80. The minimum absolute atomic E-state index is 0.0304. The molecule has 0 N–H and O–H groups in total. The van der Waals surface area contributed by atoms with Gasteiger partial charge in [-0.25, -0.2) is 0 Å². The number of aryl methyl sites for hydroxylation is 1. The van der Waals surface area contributed by atoms with Gasteiger partial charge in [0.05, 0.1) is 23.6 Å². The molecule has 0 fully saturated rings. The van der Waals surface area contributed by atoms with Gasteiger partial charge in [-0.2, -0.15) is 0 Å². The van der Waals surface area contributed by atoms with Gasteiger partial charge >= 0.3 is 0 Å². The lowest BCUT2D eigenvalue weighted by Gasteiger charge is -2.21. The molecule has 3 heterocycles. The van der Waals surface area contributed by atoms with Crippen LogP contribution in [0.4, 0.5) is 5.13 Å². The molecule has 1 atom stereocenters. The van der Waals surface area contributed by atoms with Crippen LogP contribution in [0.1, 0.15) is 39.7 Å². The number of aromatic nitrogens is 2. The van der Waals surface area contributed by atoms with Gasteiger partial charge in [-0.3, -0.25) is 14.5 Å². The molecule has 1 amide bonds. The maximum Gasteiger partial charge on any atom is 0.297 e. The number of rotatable bonds is 4. The second kappa shape index (κ2) is 7.07. The Morgan fingerprint density at radius 2 is 1.93 bits per heavy atom. The highest BCUT2D eigenvalue weighted by Gasteiger charge is 2.45. The molecular weight excluding hydrogens is 402 g/mol. The maximum absolute atomic E-state index is 13.5. The summed E-state index contributed by atoms with van der Waals surface area (Å²) in [6.07, 6.45) is 0. The van der Waals surface area contributed by atoms with E-state index in [0.29, 0.717) is 34.0 Å². The molecule has 1 unspecified atom stereocenters. The molecule has 4 aromatic rings. The Morgan fingerprint density at radius 1 is 1.13 bits per heavy atom. The van der Waals surface area contributed by atoms with Crippen LogP contribution < -0.4 is 15.1 Å². The molecule has 0 saturated heterocycles. The van der Waals surface area contributed by atoms with Crippen molar-refractivity contribution in [1.82, 2.24) is 10.2 Å². The van der Waals surface area contributed by atoms with E-state index in [0.717, 1.165) is 10.6 Å². The summed E-state index contributed by atoms with van der Waals surface area (Å²) in [5, 5.41) is 9.76. The Kier molecular flexibility index (Phi) is 4.36. The minimum Gasteiger partial charge on any atom is -0.494 e. The summed E-state index contributed by atoms with van der Waals surface area (Å²) in [5.41, 5.74) is 1.20. The Hall–Kier alpha value is -3.52. The highest BCUT2D eigenvalue weighted by Crippen LogP contribution is 2.42. The number of amides is 1. The van der Waals surface area contributed by atoms with Crippen LogP contribution in [-0.4, -0.2) is 22.7 Å². The van der Waals surface area contributed by atoms with Gasteiger partial charge in [-0.15, -0.1) is 10.2 Å². The largest absolute Gasteiger partial charge is 0.494 e. The van der Waals surface area contributed by atoms with E-state index in [2.05, 4.69) is 10.2 Å². The Bertz CT molecular complexity index is 1330. The predicted octanol–water partition coefficient (Wildman–Crippen LogP) is 4.10. The molecule has 5 rings (SSSR count). The van der Waals surface area contributed by atoms with E-state index in [-0.39, 0.29) is 11.2 Å². The normalized spacial score (nSPS) is 15.6. The first-order valence-corrected chi connectivity index (χ1v) is 10.3. The molecule has 0 spiro atoms. The van der Waals surface area contributed by atoms with E-state index in [1.807, 2.05) is 44.2 Å². The van der Waals surface area contributed by atoms with E-state index in [1.54, 1.807) is 18.2 Å². The number of anilines is 1. The summed E-state index contributed by atoms with van der Waals surface area (Å²) in [4.78, 5) is 28.4. The van der Waals surface area contributed by atoms with Crippen LogP contribution in [0.25, 0.3) is 11.0 Å². The molecule has 30 heavy (non-hydrogen) atoms. The molecule has 1 aliphatic rings. The lowest BCUT2D eigenvalue weighted by molar-refractivity contribution is 0.0970. The third-order valence-corrected chi connectivity index (χ3v) is 5.83.